The molecule has 1 atom stereocenters. The van der Waals surface area contributed by atoms with Gasteiger partial charge in [0.15, 0.2) is 0 Å². The number of rotatable bonds is 1. The summed E-state index contributed by atoms with van der Waals surface area (Å²) in [5.74, 6) is 1.05. The predicted octanol–water partition coefficient (Wildman–Crippen LogP) is 3.17. The van der Waals surface area contributed by atoms with E-state index in [1.54, 1.807) is 0 Å². The number of carbonyl (C=O) groups excluding carboxylic acids is 1. The molecule has 0 bridgehead atoms. The third kappa shape index (κ3) is 1.63. The third-order valence-corrected chi connectivity index (χ3v) is 4.15. The number of ether oxygens (including phenoxy) is 1. The van der Waals surface area contributed by atoms with Gasteiger partial charge in [-0.3, -0.25) is 4.79 Å². The van der Waals surface area contributed by atoms with Crippen molar-refractivity contribution in [2.45, 2.75) is 19.0 Å². The van der Waals surface area contributed by atoms with Gasteiger partial charge in [-0.05, 0) is 17.7 Å². The van der Waals surface area contributed by atoms with Crippen LogP contribution in [0.1, 0.15) is 33.9 Å². The summed E-state index contributed by atoms with van der Waals surface area (Å²) in [6, 6.07) is 16.0. The number of fused-ring (bicyclic) bond motifs is 2. The first kappa shape index (κ1) is 11.5. The van der Waals surface area contributed by atoms with Crippen molar-refractivity contribution in [2.75, 3.05) is 6.61 Å². The lowest BCUT2D eigenvalue weighted by molar-refractivity contribution is 0.0648. The standard InChI is InChI=1S/C17H15NO2/c19-17-13-6-2-1-5-12(13)11-18(17)15-9-10-20-16-8-4-3-7-14(15)16/h1-8,15H,9-11H2. The van der Waals surface area contributed by atoms with Crippen LogP contribution < -0.4 is 4.74 Å². The summed E-state index contributed by atoms with van der Waals surface area (Å²) in [6.07, 6.45) is 0.858. The lowest BCUT2D eigenvalue weighted by Gasteiger charge is -2.33. The van der Waals surface area contributed by atoms with Crippen LogP contribution in [-0.4, -0.2) is 17.4 Å². The zero-order valence-electron chi connectivity index (χ0n) is 11.1. The van der Waals surface area contributed by atoms with Crippen molar-refractivity contribution in [3.05, 3.63) is 65.2 Å². The van der Waals surface area contributed by atoms with E-state index in [1.165, 1.54) is 0 Å². The van der Waals surface area contributed by atoms with Crippen LogP contribution in [0.3, 0.4) is 0 Å². The average Bonchev–Trinajstić information content (AvgIpc) is 2.84. The molecule has 2 aromatic carbocycles. The number of hydrogen-bond acceptors (Lipinski definition) is 2. The number of nitrogens with zero attached hydrogens (tertiary/aromatic N) is 1. The first-order valence-corrected chi connectivity index (χ1v) is 6.95. The zero-order valence-corrected chi connectivity index (χ0v) is 11.1. The summed E-state index contributed by atoms with van der Waals surface area (Å²) in [6.45, 7) is 1.37. The molecule has 0 N–H and O–H groups in total. The Bertz CT molecular complexity index is 680. The summed E-state index contributed by atoms with van der Waals surface area (Å²) < 4.78 is 5.69. The molecule has 0 saturated carbocycles. The SMILES string of the molecule is O=C1c2ccccc2CN1C1CCOc2ccccc21. The second-order valence-electron chi connectivity index (χ2n) is 5.28. The molecule has 3 heteroatoms. The average molecular weight is 265 g/mol. The Hall–Kier alpha value is -2.29. The van der Waals surface area contributed by atoms with Gasteiger partial charge in [0.05, 0.1) is 12.6 Å². The Morgan fingerprint density at radius 1 is 1.05 bits per heavy atom. The zero-order chi connectivity index (χ0) is 13.5. The molecule has 0 aromatic heterocycles. The van der Waals surface area contributed by atoms with Gasteiger partial charge < -0.3 is 9.64 Å². The lowest BCUT2D eigenvalue weighted by atomic mass is 9.99. The maximum atomic E-state index is 12.6. The minimum atomic E-state index is 0.125. The van der Waals surface area contributed by atoms with E-state index in [1.807, 2.05) is 47.4 Å². The Morgan fingerprint density at radius 2 is 1.85 bits per heavy atom. The lowest BCUT2D eigenvalue weighted by Crippen LogP contribution is -2.32. The van der Waals surface area contributed by atoms with Crippen LogP contribution in [0.5, 0.6) is 5.75 Å². The second kappa shape index (κ2) is 4.37. The molecule has 2 aliphatic heterocycles. The normalized spacial score (nSPS) is 20.3. The Balaban J connectivity index is 1.73. The Kier molecular flexibility index (Phi) is 2.52. The molecule has 0 radical (unpaired) electrons. The molecule has 0 aliphatic carbocycles. The molecule has 0 fully saturated rings. The number of hydrogen-bond donors (Lipinski definition) is 0. The van der Waals surface area contributed by atoms with Crippen molar-refractivity contribution in [1.29, 1.82) is 0 Å². The van der Waals surface area contributed by atoms with Gasteiger partial charge in [-0.25, -0.2) is 0 Å². The van der Waals surface area contributed by atoms with Crippen LogP contribution in [0.4, 0.5) is 0 Å². The smallest absolute Gasteiger partial charge is 0.255 e. The minimum Gasteiger partial charge on any atom is -0.493 e. The number of carbonyl (C=O) groups is 1. The molecule has 1 amide bonds. The summed E-state index contributed by atoms with van der Waals surface area (Å²) in [7, 11) is 0. The van der Waals surface area contributed by atoms with Crippen LogP contribution in [0.15, 0.2) is 48.5 Å². The fourth-order valence-electron chi connectivity index (χ4n) is 3.18. The van der Waals surface area contributed by atoms with E-state index in [2.05, 4.69) is 6.07 Å². The first-order chi connectivity index (χ1) is 9.84. The summed E-state index contributed by atoms with van der Waals surface area (Å²) in [4.78, 5) is 14.6. The van der Waals surface area contributed by atoms with Gasteiger partial charge >= 0.3 is 0 Å². The largest absolute Gasteiger partial charge is 0.493 e. The van der Waals surface area contributed by atoms with Gasteiger partial charge in [0.25, 0.3) is 5.91 Å². The molecule has 3 nitrogen and oxygen atoms in total. The van der Waals surface area contributed by atoms with Gasteiger partial charge in [-0.1, -0.05) is 36.4 Å². The molecule has 0 saturated heterocycles. The highest BCUT2D eigenvalue weighted by Crippen LogP contribution is 2.39. The number of benzene rings is 2. The first-order valence-electron chi connectivity index (χ1n) is 6.95. The molecule has 2 heterocycles. The van der Waals surface area contributed by atoms with Gasteiger partial charge in [0.1, 0.15) is 5.75 Å². The van der Waals surface area contributed by atoms with E-state index in [9.17, 15) is 4.79 Å². The van der Waals surface area contributed by atoms with Crippen molar-refractivity contribution in [1.82, 2.24) is 4.90 Å². The van der Waals surface area contributed by atoms with Crippen LogP contribution in [-0.2, 0) is 6.54 Å². The maximum absolute atomic E-state index is 12.6. The molecule has 1 unspecified atom stereocenters. The molecule has 2 aromatic rings. The number of amides is 1. The maximum Gasteiger partial charge on any atom is 0.255 e. The van der Waals surface area contributed by atoms with Gasteiger partial charge in [-0.2, -0.15) is 0 Å². The quantitative estimate of drug-likeness (QED) is 0.792. The van der Waals surface area contributed by atoms with Crippen molar-refractivity contribution < 1.29 is 9.53 Å². The van der Waals surface area contributed by atoms with Crippen LogP contribution >= 0.6 is 0 Å². The highest BCUT2D eigenvalue weighted by atomic mass is 16.5. The van der Waals surface area contributed by atoms with Crippen molar-refractivity contribution in [3.8, 4) is 5.75 Å². The van der Waals surface area contributed by atoms with Crippen molar-refractivity contribution in [3.63, 3.8) is 0 Å². The Morgan fingerprint density at radius 3 is 2.75 bits per heavy atom. The fourth-order valence-corrected chi connectivity index (χ4v) is 3.18. The molecule has 4 rings (SSSR count). The fraction of sp³-hybridized carbons (Fsp3) is 0.235. The topological polar surface area (TPSA) is 29.5 Å². The van der Waals surface area contributed by atoms with Crippen molar-refractivity contribution in [2.24, 2.45) is 0 Å². The van der Waals surface area contributed by atoms with E-state index in [-0.39, 0.29) is 11.9 Å². The minimum absolute atomic E-state index is 0.125. The molecule has 20 heavy (non-hydrogen) atoms. The Labute approximate surface area is 117 Å². The van der Waals surface area contributed by atoms with E-state index >= 15 is 0 Å². The summed E-state index contributed by atoms with van der Waals surface area (Å²) in [5.41, 5.74) is 3.10. The van der Waals surface area contributed by atoms with E-state index in [0.29, 0.717) is 13.2 Å². The van der Waals surface area contributed by atoms with E-state index in [4.69, 9.17) is 4.74 Å². The predicted molar refractivity (Wildman–Crippen MR) is 75.6 cm³/mol. The number of para-hydroxylation sites is 1. The summed E-state index contributed by atoms with van der Waals surface area (Å²) in [5, 5.41) is 0. The molecular formula is C17H15NO2. The molecule has 0 spiro atoms. The molecular weight excluding hydrogens is 250 g/mol. The van der Waals surface area contributed by atoms with E-state index in [0.717, 1.165) is 28.9 Å². The highest BCUT2D eigenvalue weighted by Gasteiger charge is 2.35. The molecule has 2 aliphatic rings. The van der Waals surface area contributed by atoms with Crippen LogP contribution in [0, 0.1) is 0 Å². The van der Waals surface area contributed by atoms with Crippen molar-refractivity contribution >= 4 is 5.91 Å². The second-order valence-corrected chi connectivity index (χ2v) is 5.28. The van der Waals surface area contributed by atoms with Crippen LogP contribution in [0.25, 0.3) is 0 Å². The van der Waals surface area contributed by atoms with Gasteiger partial charge in [0.2, 0.25) is 0 Å². The molecule has 100 valence electrons. The van der Waals surface area contributed by atoms with Gasteiger partial charge in [0, 0.05) is 24.1 Å². The monoisotopic (exact) mass is 265 g/mol. The summed E-state index contributed by atoms with van der Waals surface area (Å²) >= 11 is 0. The van der Waals surface area contributed by atoms with E-state index < -0.39 is 0 Å². The van der Waals surface area contributed by atoms with Crippen LogP contribution in [0.2, 0.25) is 0 Å². The van der Waals surface area contributed by atoms with Gasteiger partial charge in [-0.15, -0.1) is 0 Å². The third-order valence-electron chi connectivity index (χ3n) is 4.15. The highest BCUT2D eigenvalue weighted by molar-refractivity contribution is 5.98.